The van der Waals surface area contributed by atoms with Gasteiger partial charge in [0.15, 0.2) is 4.86 Å². The van der Waals surface area contributed by atoms with Crippen molar-refractivity contribution >= 4 is 26.8 Å². The molecule has 0 fully saturated rings. The zero-order valence-corrected chi connectivity index (χ0v) is 14.6. The van der Waals surface area contributed by atoms with E-state index in [9.17, 15) is 13.2 Å². The molecule has 26 heavy (non-hydrogen) atoms. The topological polar surface area (TPSA) is 54.5 Å². The van der Waals surface area contributed by atoms with Crippen LogP contribution in [0.5, 0.6) is 0 Å². The van der Waals surface area contributed by atoms with Crippen LogP contribution < -0.4 is 4.90 Å². The Hall–Kier alpha value is -3.18. The fraction of sp³-hybridized carbons (Fsp3) is 0.0476. The van der Waals surface area contributed by atoms with E-state index in [0.29, 0.717) is 17.8 Å². The van der Waals surface area contributed by atoms with Crippen molar-refractivity contribution < 1.29 is 13.2 Å². The Kier molecular flexibility index (Phi) is 4.14. The first kappa shape index (κ1) is 16.3. The van der Waals surface area contributed by atoms with Crippen molar-refractivity contribution in [2.45, 2.75) is 6.54 Å². The summed E-state index contributed by atoms with van der Waals surface area (Å²) in [6, 6.07) is 24.7. The van der Waals surface area contributed by atoms with Crippen LogP contribution in [-0.2, 0) is 21.6 Å². The normalized spacial score (nSPS) is 13.0. The molecule has 128 valence electrons. The van der Waals surface area contributed by atoms with Crippen molar-refractivity contribution in [3.8, 4) is 11.1 Å². The molecule has 4 rings (SSSR count). The maximum absolute atomic E-state index is 12.8. The van der Waals surface area contributed by atoms with Crippen LogP contribution in [-0.4, -0.2) is 19.2 Å². The largest absolute Gasteiger partial charge is 0.302 e. The van der Waals surface area contributed by atoms with E-state index in [1.165, 1.54) is 4.90 Å². The third kappa shape index (κ3) is 2.82. The molecule has 0 bridgehead atoms. The number of nitrogens with zero attached hydrogens (tertiary/aromatic N) is 1. The summed E-state index contributed by atoms with van der Waals surface area (Å²) in [6.07, 6.45) is 0. The summed E-state index contributed by atoms with van der Waals surface area (Å²) in [5.41, 5.74) is 3.87. The van der Waals surface area contributed by atoms with E-state index in [0.717, 1.165) is 16.7 Å². The monoisotopic (exact) mass is 361 g/mol. The second-order valence-electron chi connectivity index (χ2n) is 6.04. The van der Waals surface area contributed by atoms with Crippen LogP contribution in [0.4, 0.5) is 5.69 Å². The molecule has 0 unspecified atom stereocenters. The molecule has 0 saturated carbocycles. The summed E-state index contributed by atoms with van der Waals surface area (Å²) in [6.45, 7) is 0.331. The van der Waals surface area contributed by atoms with Crippen LogP contribution in [0.2, 0.25) is 0 Å². The van der Waals surface area contributed by atoms with Gasteiger partial charge in [-0.05, 0) is 28.8 Å². The number of anilines is 1. The van der Waals surface area contributed by atoms with Gasteiger partial charge in [0.2, 0.25) is 10.3 Å². The maximum Gasteiger partial charge on any atom is 0.274 e. The van der Waals surface area contributed by atoms with Gasteiger partial charge < -0.3 is 4.90 Å². The van der Waals surface area contributed by atoms with Gasteiger partial charge in [-0.15, -0.1) is 0 Å². The molecule has 1 aliphatic rings. The predicted molar refractivity (Wildman–Crippen MR) is 103 cm³/mol. The molecule has 0 N–H and O–H groups in total. The van der Waals surface area contributed by atoms with Crippen LogP contribution >= 0.6 is 0 Å². The summed E-state index contributed by atoms with van der Waals surface area (Å²) < 4.78 is 23.5. The second-order valence-corrected chi connectivity index (χ2v) is 6.92. The van der Waals surface area contributed by atoms with Gasteiger partial charge in [0.1, 0.15) is 0 Å². The van der Waals surface area contributed by atoms with Gasteiger partial charge >= 0.3 is 0 Å². The van der Waals surface area contributed by atoms with Crippen molar-refractivity contribution in [1.29, 1.82) is 0 Å². The Labute approximate surface area is 152 Å². The van der Waals surface area contributed by atoms with Crippen LogP contribution in [0.25, 0.3) is 11.1 Å². The average molecular weight is 361 g/mol. The van der Waals surface area contributed by atoms with E-state index in [-0.39, 0.29) is 4.86 Å². The molecule has 1 aliphatic heterocycles. The predicted octanol–water partition coefficient (Wildman–Crippen LogP) is 3.30. The van der Waals surface area contributed by atoms with Gasteiger partial charge in [-0.3, -0.25) is 4.79 Å². The van der Waals surface area contributed by atoms with Crippen molar-refractivity contribution in [3.05, 3.63) is 90.0 Å². The number of carbonyl (C=O) groups is 1. The molecule has 0 saturated heterocycles. The van der Waals surface area contributed by atoms with E-state index < -0.39 is 16.2 Å². The zero-order chi connectivity index (χ0) is 18.1. The van der Waals surface area contributed by atoms with E-state index in [1.807, 2.05) is 72.8 Å². The lowest BCUT2D eigenvalue weighted by Gasteiger charge is -2.17. The molecule has 3 aromatic rings. The number of carbonyl (C=O) groups excluding carboxylic acids is 1. The van der Waals surface area contributed by atoms with Crippen molar-refractivity contribution in [1.82, 2.24) is 0 Å². The van der Waals surface area contributed by atoms with E-state index in [2.05, 4.69) is 0 Å². The van der Waals surface area contributed by atoms with Gasteiger partial charge in [0, 0.05) is 5.56 Å². The highest BCUT2D eigenvalue weighted by Gasteiger charge is 2.35. The highest BCUT2D eigenvalue weighted by Crippen LogP contribution is 2.34. The maximum atomic E-state index is 12.8. The number of hydrogen-bond acceptors (Lipinski definition) is 3. The third-order valence-electron chi connectivity index (χ3n) is 4.43. The van der Waals surface area contributed by atoms with Crippen molar-refractivity contribution in [2.75, 3.05) is 4.90 Å². The minimum Gasteiger partial charge on any atom is -0.302 e. The summed E-state index contributed by atoms with van der Waals surface area (Å²) in [7, 11) is -2.60. The quantitative estimate of drug-likeness (QED) is 0.673. The standard InChI is InChI=1S/C21H15NO3S/c23-21-20(26(24)25)18-13-17(16-9-5-2-6-10-16)11-12-19(18)22(21)14-15-7-3-1-4-8-15/h1-13H,14H2. The molecule has 0 radical (unpaired) electrons. The second kappa shape index (κ2) is 6.61. The van der Waals surface area contributed by atoms with Crippen molar-refractivity contribution in [2.24, 2.45) is 0 Å². The highest BCUT2D eigenvalue weighted by atomic mass is 32.2. The minimum atomic E-state index is -2.60. The van der Waals surface area contributed by atoms with E-state index in [4.69, 9.17) is 0 Å². The number of hydrogen-bond donors (Lipinski definition) is 0. The highest BCUT2D eigenvalue weighted by molar-refractivity contribution is 7.75. The van der Waals surface area contributed by atoms with Gasteiger partial charge in [0.05, 0.1) is 12.2 Å². The zero-order valence-electron chi connectivity index (χ0n) is 13.8. The summed E-state index contributed by atoms with van der Waals surface area (Å²) >= 11 is 0. The van der Waals surface area contributed by atoms with Crippen LogP contribution in [0.15, 0.2) is 78.9 Å². The molecule has 0 atom stereocenters. The van der Waals surface area contributed by atoms with E-state index >= 15 is 0 Å². The molecular weight excluding hydrogens is 346 g/mol. The number of benzene rings is 3. The van der Waals surface area contributed by atoms with Gasteiger partial charge in [-0.25, -0.2) is 0 Å². The van der Waals surface area contributed by atoms with E-state index in [1.54, 1.807) is 6.07 Å². The molecule has 0 spiro atoms. The Morgan fingerprint density at radius 2 is 1.42 bits per heavy atom. The SMILES string of the molecule is O=C1C(=S(=O)=O)c2cc(-c3ccccc3)ccc2N1Cc1ccccc1. The fourth-order valence-corrected chi connectivity index (χ4v) is 3.79. The summed E-state index contributed by atoms with van der Waals surface area (Å²) in [5, 5.41) is 0. The Balaban J connectivity index is 1.83. The lowest BCUT2D eigenvalue weighted by Crippen LogP contribution is -2.29. The lowest BCUT2D eigenvalue weighted by atomic mass is 10.0. The number of fused-ring (bicyclic) bond motifs is 1. The minimum absolute atomic E-state index is 0.172. The number of rotatable bonds is 3. The van der Waals surface area contributed by atoms with Crippen LogP contribution in [0.3, 0.4) is 0 Å². The number of amides is 1. The summed E-state index contributed by atoms with van der Waals surface area (Å²) in [4.78, 5) is 14.1. The molecule has 1 amide bonds. The Bertz CT molecular complexity index is 1110. The Morgan fingerprint density at radius 3 is 2.08 bits per heavy atom. The molecule has 3 aromatic carbocycles. The molecule has 0 aliphatic carbocycles. The molecular formula is C21H15NO3S. The molecule has 4 nitrogen and oxygen atoms in total. The first-order valence-electron chi connectivity index (χ1n) is 8.17. The average Bonchev–Trinajstić information content (AvgIpc) is 2.94. The fourth-order valence-electron chi connectivity index (χ4n) is 3.19. The van der Waals surface area contributed by atoms with Gasteiger partial charge in [0.25, 0.3) is 5.91 Å². The lowest BCUT2D eigenvalue weighted by molar-refractivity contribution is -0.112. The third-order valence-corrected chi connectivity index (χ3v) is 5.16. The summed E-state index contributed by atoms with van der Waals surface area (Å²) in [5.74, 6) is -0.484. The smallest absolute Gasteiger partial charge is 0.274 e. The first-order valence-corrected chi connectivity index (χ1v) is 9.24. The molecule has 0 aromatic heterocycles. The van der Waals surface area contributed by atoms with Crippen LogP contribution in [0, 0.1) is 0 Å². The Morgan fingerprint density at radius 1 is 0.769 bits per heavy atom. The first-order chi connectivity index (χ1) is 12.6. The van der Waals surface area contributed by atoms with Gasteiger partial charge in [-0.1, -0.05) is 66.7 Å². The van der Waals surface area contributed by atoms with Gasteiger partial charge in [-0.2, -0.15) is 8.42 Å². The van der Waals surface area contributed by atoms with Crippen LogP contribution in [0.1, 0.15) is 11.1 Å². The molecule has 1 heterocycles. The molecule has 5 heteroatoms. The van der Waals surface area contributed by atoms with Crippen molar-refractivity contribution in [3.63, 3.8) is 0 Å².